The summed E-state index contributed by atoms with van der Waals surface area (Å²) < 4.78 is -0.779. The maximum Gasteiger partial charge on any atom is 0.225 e. The van der Waals surface area contributed by atoms with Gasteiger partial charge in [-0.3, -0.25) is 9.59 Å². The summed E-state index contributed by atoms with van der Waals surface area (Å²) in [5, 5.41) is 41.7. The summed E-state index contributed by atoms with van der Waals surface area (Å²) in [5.41, 5.74) is 6.25. The van der Waals surface area contributed by atoms with Gasteiger partial charge in [-0.25, -0.2) is 0 Å². The highest BCUT2D eigenvalue weighted by Gasteiger charge is 2.52. The van der Waals surface area contributed by atoms with Gasteiger partial charge in [-0.05, 0) is 0 Å². The molecule has 1 aliphatic rings. The number of carbonyl (C=O) groups is 2. The van der Waals surface area contributed by atoms with Gasteiger partial charge in [0.2, 0.25) is 11.8 Å². The standard InChI is InChI=1S/C14H24I3N3O6/c15-9-7(13(25)19-1-5(23)3-21)10(16)12(18)11(17)8(9)14(26)20-2-6(24)4-22/h5-12,21-24H,1-4,18H2,(H,19,25)(H,20,26). The number of halogens is 3. The van der Waals surface area contributed by atoms with Gasteiger partial charge in [0.25, 0.3) is 0 Å². The summed E-state index contributed by atoms with van der Waals surface area (Å²) in [6.45, 7) is -1.08. The Labute approximate surface area is 192 Å². The molecule has 0 saturated heterocycles. The van der Waals surface area contributed by atoms with E-state index in [1.165, 1.54) is 0 Å². The molecule has 1 aliphatic carbocycles. The first-order chi connectivity index (χ1) is 12.1. The molecule has 1 saturated carbocycles. The van der Waals surface area contributed by atoms with Crippen molar-refractivity contribution in [1.82, 2.24) is 10.6 Å². The van der Waals surface area contributed by atoms with Crippen molar-refractivity contribution in [2.45, 2.75) is 30.0 Å². The summed E-state index contributed by atoms with van der Waals surface area (Å²) in [6, 6.07) is -0.403. The molecule has 0 aromatic carbocycles. The van der Waals surface area contributed by atoms with E-state index in [1.807, 2.05) is 0 Å². The number of hydrogen-bond donors (Lipinski definition) is 7. The third-order valence-corrected chi connectivity index (χ3v) is 8.92. The van der Waals surface area contributed by atoms with Crippen molar-refractivity contribution in [2.75, 3.05) is 26.3 Å². The van der Waals surface area contributed by atoms with Gasteiger partial charge in [0, 0.05) is 30.9 Å². The molecular formula is C14H24I3N3O6. The molecule has 0 spiro atoms. The van der Waals surface area contributed by atoms with E-state index < -0.39 is 43.3 Å². The Bertz CT molecular complexity index is 449. The largest absolute Gasteiger partial charge is 0.394 e. The number of amides is 2. The Morgan fingerprint density at radius 1 is 0.846 bits per heavy atom. The molecule has 6 atom stereocenters. The molecule has 0 aromatic rings. The lowest BCUT2D eigenvalue weighted by Crippen LogP contribution is -2.62. The van der Waals surface area contributed by atoms with E-state index in [0.29, 0.717) is 0 Å². The molecule has 0 radical (unpaired) electrons. The lowest BCUT2D eigenvalue weighted by molar-refractivity contribution is -0.129. The Balaban J connectivity index is 2.88. The molecule has 0 aliphatic heterocycles. The molecule has 1 rings (SSSR count). The van der Waals surface area contributed by atoms with Gasteiger partial charge in [0.15, 0.2) is 0 Å². The van der Waals surface area contributed by atoms with Gasteiger partial charge < -0.3 is 36.8 Å². The maximum absolute atomic E-state index is 12.6. The normalized spacial score (nSPS) is 34.0. The van der Waals surface area contributed by atoms with Crippen LogP contribution in [0.3, 0.4) is 0 Å². The average molecular weight is 711 g/mol. The second-order valence-electron chi connectivity index (χ2n) is 6.13. The molecule has 12 heteroatoms. The molecular weight excluding hydrogens is 687 g/mol. The number of alkyl halides is 3. The number of rotatable bonds is 8. The van der Waals surface area contributed by atoms with Crippen LogP contribution in [0.4, 0.5) is 0 Å². The fourth-order valence-corrected chi connectivity index (χ4v) is 8.98. The van der Waals surface area contributed by atoms with Gasteiger partial charge >= 0.3 is 0 Å². The van der Waals surface area contributed by atoms with Crippen molar-refractivity contribution in [3.05, 3.63) is 0 Å². The summed E-state index contributed by atoms with van der Waals surface area (Å²) >= 11 is 6.31. The van der Waals surface area contributed by atoms with E-state index in [4.69, 9.17) is 15.9 Å². The molecule has 0 heterocycles. The first-order valence-corrected chi connectivity index (χ1v) is 11.7. The Morgan fingerprint density at radius 3 is 1.50 bits per heavy atom. The zero-order chi connectivity index (χ0) is 20.0. The third-order valence-electron chi connectivity index (χ3n) is 4.16. The smallest absolute Gasteiger partial charge is 0.225 e. The zero-order valence-electron chi connectivity index (χ0n) is 13.8. The first-order valence-electron chi connectivity index (χ1n) is 7.96. The fourth-order valence-electron chi connectivity index (χ4n) is 2.61. The van der Waals surface area contributed by atoms with Crippen molar-refractivity contribution in [3.8, 4) is 0 Å². The molecule has 6 unspecified atom stereocenters. The van der Waals surface area contributed by atoms with E-state index >= 15 is 0 Å². The van der Waals surface area contributed by atoms with Crippen molar-refractivity contribution >= 4 is 79.6 Å². The topological polar surface area (TPSA) is 165 Å². The highest BCUT2D eigenvalue weighted by molar-refractivity contribution is 14.1. The number of aliphatic hydroxyl groups excluding tert-OH is 4. The van der Waals surface area contributed by atoms with Gasteiger partial charge in [-0.1, -0.05) is 67.8 Å². The first kappa shape index (κ1) is 25.0. The van der Waals surface area contributed by atoms with Crippen molar-refractivity contribution in [2.24, 2.45) is 17.6 Å². The van der Waals surface area contributed by atoms with Gasteiger partial charge in [-0.2, -0.15) is 0 Å². The number of carbonyl (C=O) groups excluding carboxylic acids is 2. The Kier molecular flexibility index (Phi) is 11.3. The minimum absolute atomic E-state index is 0.0823. The average Bonchev–Trinajstić information content (AvgIpc) is 2.62. The van der Waals surface area contributed by atoms with Crippen LogP contribution in [-0.4, -0.2) is 88.6 Å². The summed E-state index contributed by atoms with van der Waals surface area (Å²) in [5.74, 6) is -1.77. The number of hydrogen-bond acceptors (Lipinski definition) is 7. The molecule has 9 nitrogen and oxygen atoms in total. The van der Waals surface area contributed by atoms with Crippen LogP contribution in [0.5, 0.6) is 0 Å². The fraction of sp³-hybridized carbons (Fsp3) is 0.857. The molecule has 0 aromatic heterocycles. The highest BCUT2D eigenvalue weighted by atomic mass is 127. The second-order valence-corrected chi connectivity index (χ2v) is 10.4. The van der Waals surface area contributed by atoms with Crippen LogP contribution in [-0.2, 0) is 9.59 Å². The Morgan fingerprint density at radius 2 is 1.19 bits per heavy atom. The molecule has 1 fully saturated rings. The van der Waals surface area contributed by atoms with E-state index in [9.17, 15) is 19.8 Å². The monoisotopic (exact) mass is 711 g/mol. The predicted octanol–water partition coefficient (Wildman–Crippen LogP) is -2.09. The maximum atomic E-state index is 12.6. The van der Waals surface area contributed by atoms with Crippen LogP contribution >= 0.6 is 67.8 Å². The summed E-state index contributed by atoms with van der Waals surface area (Å²) in [4.78, 5) is 25.2. The van der Waals surface area contributed by atoms with Gasteiger partial charge in [0.1, 0.15) is 0 Å². The van der Waals surface area contributed by atoms with Crippen molar-refractivity contribution in [3.63, 3.8) is 0 Å². The third kappa shape index (κ3) is 6.48. The lowest BCUT2D eigenvalue weighted by Gasteiger charge is -2.43. The van der Waals surface area contributed by atoms with E-state index in [-0.39, 0.29) is 36.7 Å². The number of nitrogens with two attached hydrogens (primary N) is 1. The minimum Gasteiger partial charge on any atom is -0.394 e. The molecule has 2 amide bonds. The van der Waals surface area contributed by atoms with Crippen LogP contribution in [0.25, 0.3) is 0 Å². The SMILES string of the molecule is NC1C(I)C(C(=O)NCC(O)CO)C(I)C(C(=O)NCC(O)CO)C1I. The van der Waals surface area contributed by atoms with Gasteiger partial charge in [-0.15, -0.1) is 0 Å². The molecule has 0 bridgehead atoms. The van der Waals surface area contributed by atoms with Crippen LogP contribution in [0.1, 0.15) is 0 Å². The Hall–Kier alpha value is 0.930. The van der Waals surface area contributed by atoms with E-state index in [0.717, 1.165) is 0 Å². The molecule has 152 valence electrons. The quantitative estimate of drug-likeness (QED) is 0.112. The van der Waals surface area contributed by atoms with E-state index in [2.05, 4.69) is 78.4 Å². The van der Waals surface area contributed by atoms with Crippen LogP contribution in [0.2, 0.25) is 0 Å². The summed E-state index contributed by atoms with van der Waals surface area (Å²) in [6.07, 6.45) is -2.10. The predicted molar refractivity (Wildman–Crippen MR) is 121 cm³/mol. The van der Waals surface area contributed by atoms with Crippen LogP contribution in [0, 0.1) is 11.8 Å². The molecule has 8 N–H and O–H groups in total. The second kappa shape index (κ2) is 11.8. The number of nitrogens with one attached hydrogen (secondary N) is 2. The van der Waals surface area contributed by atoms with Crippen molar-refractivity contribution in [1.29, 1.82) is 0 Å². The zero-order valence-corrected chi connectivity index (χ0v) is 20.2. The van der Waals surface area contributed by atoms with Crippen molar-refractivity contribution < 1.29 is 30.0 Å². The summed E-state index contributed by atoms with van der Waals surface area (Å²) in [7, 11) is 0. The van der Waals surface area contributed by atoms with Gasteiger partial charge in [0.05, 0.1) is 37.3 Å². The van der Waals surface area contributed by atoms with Crippen LogP contribution < -0.4 is 16.4 Å². The highest BCUT2D eigenvalue weighted by Crippen LogP contribution is 2.42. The number of aliphatic hydroxyl groups is 4. The van der Waals surface area contributed by atoms with Crippen LogP contribution in [0.15, 0.2) is 0 Å². The van der Waals surface area contributed by atoms with E-state index in [1.54, 1.807) is 0 Å². The lowest BCUT2D eigenvalue weighted by atomic mass is 9.77. The minimum atomic E-state index is -1.05. The molecule has 26 heavy (non-hydrogen) atoms.